The summed E-state index contributed by atoms with van der Waals surface area (Å²) in [7, 11) is 0. The van der Waals surface area contributed by atoms with Crippen LogP contribution in [0.1, 0.15) is 46.0 Å². The summed E-state index contributed by atoms with van der Waals surface area (Å²) in [5, 5.41) is 9.71. The monoisotopic (exact) mass is 240 g/mol. The van der Waals surface area contributed by atoms with E-state index in [1.165, 1.54) is 13.0 Å². The van der Waals surface area contributed by atoms with Crippen molar-refractivity contribution in [2.45, 2.75) is 57.7 Å². The van der Waals surface area contributed by atoms with E-state index in [1.54, 1.807) is 13.0 Å². The Morgan fingerprint density at radius 2 is 2.18 bits per heavy atom. The maximum atomic E-state index is 11.1. The Hall–Kier alpha value is -1.16. The molecule has 0 bridgehead atoms. The first-order valence-corrected chi connectivity index (χ1v) is 6.04. The third kappa shape index (κ3) is 4.69. The first kappa shape index (κ1) is 13.9. The molecule has 0 radical (unpaired) electrons. The summed E-state index contributed by atoms with van der Waals surface area (Å²) in [5.41, 5.74) is -1.19. The second-order valence-electron chi connectivity index (χ2n) is 4.76. The van der Waals surface area contributed by atoms with Gasteiger partial charge in [-0.2, -0.15) is 0 Å². The van der Waals surface area contributed by atoms with Gasteiger partial charge in [0.2, 0.25) is 0 Å². The highest BCUT2D eigenvalue weighted by atomic mass is 16.5. The molecule has 1 rings (SSSR count). The molecule has 1 heterocycles. The minimum atomic E-state index is -1.19. The van der Waals surface area contributed by atoms with E-state index in [-0.39, 0.29) is 17.9 Å². The van der Waals surface area contributed by atoms with Gasteiger partial charge in [0.05, 0.1) is 0 Å². The highest BCUT2D eigenvalue weighted by Gasteiger charge is 2.25. The van der Waals surface area contributed by atoms with Gasteiger partial charge >= 0.3 is 5.97 Å². The molecule has 2 atom stereocenters. The van der Waals surface area contributed by atoms with Gasteiger partial charge in [-0.15, -0.1) is 0 Å². The topological polar surface area (TPSA) is 63.6 Å². The molecule has 1 aliphatic heterocycles. The largest absolute Gasteiger partial charge is 0.455 e. The molecule has 17 heavy (non-hydrogen) atoms. The number of cyclic esters (lactones) is 1. The van der Waals surface area contributed by atoms with Gasteiger partial charge in [0.1, 0.15) is 11.7 Å². The molecule has 0 aliphatic carbocycles. The van der Waals surface area contributed by atoms with Crippen molar-refractivity contribution in [1.82, 2.24) is 0 Å². The molecule has 0 aromatic carbocycles. The zero-order chi connectivity index (χ0) is 12.9. The zero-order valence-electron chi connectivity index (χ0n) is 10.4. The van der Waals surface area contributed by atoms with Crippen LogP contribution in [0.15, 0.2) is 12.2 Å². The van der Waals surface area contributed by atoms with Crippen LogP contribution in [0, 0.1) is 0 Å². The van der Waals surface area contributed by atoms with Crippen LogP contribution in [-0.2, 0) is 14.3 Å². The highest BCUT2D eigenvalue weighted by Crippen LogP contribution is 2.18. The van der Waals surface area contributed by atoms with E-state index in [9.17, 15) is 14.7 Å². The molecule has 96 valence electrons. The second kappa shape index (κ2) is 5.96. The van der Waals surface area contributed by atoms with Crippen molar-refractivity contribution in [3.8, 4) is 0 Å². The van der Waals surface area contributed by atoms with E-state index in [0.29, 0.717) is 6.42 Å². The Balaban J connectivity index is 2.07. The average Bonchev–Trinajstić information content (AvgIpc) is 2.63. The van der Waals surface area contributed by atoms with Crippen LogP contribution in [0.25, 0.3) is 0 Å². The van der Waals surface area contributed by atoms with Crippen molar-refractivity contribution in [3.05, 3.63) is 12.2 Å². The number of unbranched alkanes of at least 4 members (excludes halogenated alkanes) is 2. The van der Waals surface area contributed by atoms with Crippen LogP contribution in [0.2, 0.25) is 0 Å². The van der Waals surface area contributed by atoms with E-state index < -0.39 is 5.60 Å². The summed E-state index contributed by atoms with van der Waals surface area (Å²) >= 11 is 0. The molecule has 1 N–H and O–H groups in total. The quantitative estimate of drug-likeness (QED) is 0.544. The van der Waals surface area contributed by atoms with Crippen LogP contribution < -0.4 is 0 Å². The SMILES string of the molecule is CC(=O)C(C)(O)CCCCC[C@H]1C=CC(=O)O1. The summed E-state index contributed by atoms with van der Waals surface area (Å²) in [6, 6.07) is 0. The molecule has 4 nitrogen and oxygen atoms in total. The number of aliphatic hydroxyl groups is 1. The van der Waals surface area contributed by atoms with Crippen molar-refractivity contribution in [2.75, 3.05) is 0 Å². The molecular weight excluding hydrogens is 220 g/mol. The molecule has 0 fully saturated rings. The highest BCUT2D eigenvalue weighted by molar-refractivity contribution is 5.84. The number of ketones is 1. The number of ether oxygens (including phenoxy) is 1. The summed E-state index contributed by atoms with van der Waals surface area (Å²) in [6.45, 7) is 2.96. The lowest BCUT2D eigenvalue weighted by Gasteiger charge is -2.19. The van der Waals surface area contributed by atoms with Crippen LogP contribution >= 0.6 is 0 Å². The molecular formula is C13H20O4. The van der Waals surface area contributed by atoms with Crippen molar-refractivity contribution in [1.29, 1.82) is 0 Å². The fourth-order valence-electron chi connectivity index (χ4n) is 1.74. The van der Waals surface area contributed by atoms with Crippen molar-refractivity contribution < 1.29 is 19.4 Å². The second-order valence-corrected chi connectivity index (χ2v) is 4.76. The Kier molecular flexibility index (Phi) is 4.87. The molecule has 0 amide bonds. The maximum Gasteiger partial charge on any atom is 0.331 e. The normalized spacial score (nSPS) is 22.3. The van der Waals surface area contributed by atoms with E-state index >= 15 is 0 Å². The summed E-state index contributed by atoms with van der Waals surface area (Å²) < 4.78 is 4.99. The van der Waals surface area contributed by atoms with Gasteiger partial charge < -0.3 is 9.84 Å². The standard InChI is InChI=1S/C13H20O4/c1-10(14)13(2,16)9-5-3-4-6-11-7-8-12(15)17-11/h7-8,11,16H,3-6,9H2,1-2H3/t11-,13?/m0/s1. The lowest BCUT2D eigenvalue weighted by Crippen LogP contribution is -2.32. The predicted octanol–water partition coefficient (Wildman–Crippen LogP) is 1.76. The van der Waals surface area contributed by atoms with E-state index in [2.05, 4.69) is 0 Å². The maximum absolute atomic E-state index is 11.1. The number of esters is 1. The predicted molar refractivity (Wildman–Crippen MR) is 63.4 cm³/mol. The molecule has 1 aliphatic rings. The molecule has 0 saturated heterocycles. The van der Waals surface area contributed by atoms with Crippen molar-refractivity contribution >= 4 is 11.8 Å². The number of Topliss-reactive ketones (excluding diaryl/α,β-unsaturated/α-hetero) is 1. The Morgan fingerprint density at radius 1 is 1.47 bits per heavy atom. The van der Waals surface area contributed by atoms with Gasteiger partial charge in [-0.05, 0) is 39.2 Å². The van der Waals surface area contributed by atoms with E-state index in [1.807, 2.05) is 0 Å². The van der Waals surface area contributed by atoms with Gasteiger partial charge in [0.25, 0.3) is 0 Å². The lowest BCUT2D eigenvalue weighted by atomic mass is 9.94. The minimum Gasteiger partial charge on any atom is -0.455 e. The average molecular weight is 240 g/mol. The summed E-state index contributed by atoms with van der Waals surface area (Å²) in [6.07, 6.45) is 7.08. The Morgan fingerprint density at radius 3 is 2.71 bits per heavy atom. The van der Waals surface area contributed by atoms with Crippen LogP contribution in [0.4, 0.5) is 0 Å². The molecule has 0 aromatic heterocycles. The number of rotatable bonds is 7. The smallest absolute Gasteiger partial charge is 0.331 e. The van der Waals surface area contributed by atoms with E-state index in [0.717, 1.165) is 25.7 Å². The number of carbonyl (C=O) groups is 2. The fraction of sp³-hybridized carbons (Fsp3) is 0.692. The van der Waals surface area contributed by atoms with Crippen molar-refractivity contribution in [2.24, 2.45) is 0 Å². The van der Waals surface area contributed by atoms with Gasteiger partial charge in [-0.1, -0.05) is 12.8 Å². The molecule has 1 unspecified atom stereocenters. The molecule has 0 spiro atoms. The Bertz CT molecular complexity index is 317. The third-order valence-corrected chi connectivity index (χ3v) is 3.13. The van der Waals surface area contributed by atoms with Crippen molar-refractivity contribution in [3.63, 3.8) is 0 Å². The van der Waals surface area contributed by atoms with Crippen LogP contribution in [0.3, 0.4) is 0 Å². The molecule has 0 saturated carbocycles. The lowest BCUT2D eigenvalue weighted by molar-refractivity contribution is -0.139. The van der Waals surface area contributed by atoms with E-state index in [4.69, 9.17) is 4.74 Å². The molecule has 0 aromatic rings. The van der Waals surface area contributed by atoms with Crippen LogP contribution in [-0.4, -0.2) is 28.6 Å². The first-order chi connectivity index (χ1) is 7.92. The Labute approximate surface area is 102 Å². The minimum absolute atomic E-state index is 0.0872. The first-order valence-electron chi connectivity index (χ1n) is 6.04. The molecule has 4 heteroatoms. The van der Waals surface area contributed by atoms with Gasteiger partial charge in [0.15, 0.2) is 5.78 Å². The van der Waals surface area contributed by atoms with Crippen LogP contribution in [0.5, 0.6) is 0 Å². The van der Waals surface area contributed by atoms with Gasteiger partial charge in [-0.3, -0.25) is 4.79 Å². The third-order valence-electron chi connectivity index (χ3n) is 3.13. The number of hydrogen-bond donors (Lipinski definition) is 1. The fourth-order valence-corrected chi connectivity index (χ4v) is 1.74. The number of hydrogen-bond acceptors (Lipinski definition) is 4. The number of carbonyl (C=O) groups excluding carboxylic acids is 2. The van der Waals surface area contributed by atoms with Gasteiger partial charge in [-0.25, -0.2) is 4.79 Å². The van der Waals surface area contributed by atoms with Gasteiger partial charge in [0, 0.05) is 6.08 Å². The zero-order valence-corrected chi connectivity index (χ0v) is 10.4. The summed E-state index contributed by atoms with van der Waals surface area (Å²) in [5.74, 6) is -0.459. The summed E-state index contributed by atoms with van der Waals surface area (Å²) in [4.78, 5) is 21.8.